The number of hydrogen-bond acceptors (Lipinski definition) is 6. The van der Waals surface area contributed by atoms with Crippen LogP contribution < -0.4 is 5.56 Å². The Morgan fingerprint density at radius 1 is 1.15 bits per heavy atom. The first-order chi connectivity index (χ1) is 13.2. The van der Waals surface area contributed by atoms with Crippen molar-refractivity contribution in [2.45, 2.75) is 6.54 Å². The molecule has 2 heterocycles. The average Bonchev–Trinajstić information content (AvgIpc) is 3.25. The molecule has 8 nitrogen and oxygen atoms in total. The van der Waals surface area contributed by atoms with Crippen molar-refractivity contribution in [1.29, 1.82) is 0 Å². The Morgan fingerprint density at radius 2 is 1.96 bits per heavy atom. The van der Waals surface area contributed by atoms with Gasteiger partial charge in [-0.2, -0.15) is 5.21 Å². The number of aromatic nitrogens is 5. The van der Waals surface area contributed by atoms with Gasteiger partial charge in [-0.1, -0.05) is 30.3 Å². The van der Waals surface area contributed by atoms with Crippen LogP contribution in [0.2, 0.25) is 0 Å². The Hall–Kier alpha value is -3.81. The van der Waals surface area contributed by atoms with Gasteiger partial charge in [-0.3, -0.25) is 4.79 Å². The van der Waals surface area contributed by atoms with Gasteiger partial charge in [0, 0.05) is 17.1 Å². The lowest BCUT2D eigenvalue weighted by Crippen LogP contribution is -2.20. The summed E-state index contributed by atoms with van der Waals surface area (Å²) in [6, 6.07) is 14.4. The second kappa shape index (κ2) is 6.83. The average molecular weight is 361 g/mol. The minimum absolute atomic E-state index is 0.166. The number of pyridine rings is 1. The largest absolute Gasteiger partial charge is 0.465 e. The van der Waals surface area contributed by atoms with E-state index in [-0.39, 0.29) is 5.56 Å². The van der Waals surface area contributed by atoms with Crippen molar-refractivity contribution < 1.29 is 9.53 Å². The molecule has 4 aromatic rings. The third-order valence-electron chi connectivity index (χ3n) is 4.31. The molecule has 0 fully saturated rings. The van der Waals surface area contributed by atoms with Crippen LogP contribution in [0.1, 0.15) is 15.9 Å². The van der Waals surface area contributed by atoms with Gasteiger partial charge in [0.15, 0.2) is 0 Å². The highest BCUT2D eigenvalue weighted by atomic mass is 16.5. The summed E-state index contributed by atoms with van der Waals surface area (Å²) in [5, 5.41) is 15.1. The van der Waals surface area contributed by atoms with Crippen molar-refractivity contribution >= 4 is 16.7 Å². The van der Waals surface area contributed by atoms with Crippen molar-refractivity contribution in [3.8, 4) is 11.4 Å². The predicted octanol–water partition coefficient (Wildman–Crippen LogP) is 2.02. The van der Waals surface area contributed by atoms with Gasteiger partial charge in [0.2, 0.25) is 5.82 Å². The second-order valence-electron chi connectivity index (χ2n) is 5.97. The van der Waals surface area contributed by atoms with E-state index in [1.807, 2.05) is 30.3 Å². The van der Waals surface area contributed by atoms with Crippen LogP contribution in [0.3, 0.4) is 0 Å². The van der Waals surface area contributed by atoms with Gasteiger partial charge in [0.05, 0.1) is 19.2 Å². The minimum atomic E-state index is -0.469. The van der Waals surface area contributed by atoms with Crippen LogP contribution in [0, 0.1) is 0 Å². The second-order valence-corrected chi connectivity index (χ2v) is 5.97. The molecule has 134 valence electrons. The number of rotatable bonds is 4. The van der Waals surface area contributed by atoms with Gasteiger partial charge in [0.25, 0.3) is 5.56 Å². The molecule has 0 saturated heterocycles. The maximum Gasteiger partial charge on any atom is 0.337 e. The molecule has 0 amide bonds. The molecular weight excluding hydrogens is 346 g/mol. The van der Waals surface area contributed by atoms with E-state index in [4.69, 9.17) is 4.74 Å². The fourth-order valence-electron chi connectivity index (χ4n) is 2.89. The highest BCUT2D eigenvalue weighted by Crippen LogP contribution is 2.16. The van der Waals surface area contributed by atoms with E-state index in [0.717, 1.165) is 16.5 Å². The molecule has 27 heavy (non-hydrogen) atoms. The molecule has 1 N–H and O–H groups in total. The van der Waals surface area contributed by atoms with E-state index in [1.54, 1.807) is 29.0 Å². The topological polar surface area (TPSA) is 103 Å². The quantitative estimate of drug-likeness (QED) is 0.558. The summed E-state index contributed by atoms with van der Waals surface area (Å²) in [4.78, 5) is 24.6. The van der Waals surface area contributed by atoms with E-state index in [2.05, 4.69) is 20.6 Å². The summed E-state index contributed by atoms with van der Waals surface area (Å²) in [7, 11) is 1.31. The zero-order valence-electron chi connectivity index (χ0n) is 14.4. The molecule has 0 spiro atoms. The SMILES string of the molecule is COC(=O)c1ccc2ccn(Cc3ccc(-c4nn[nH]n4)cc3)c(=O)c2c1. The fourth-order valence-corrected chi connectivity index (χ4v) is 2.89. The molecule has 0 bridgehead atoms. The number of nitrogens with one attached hydrogen (secondary N) is 1. The summed E-state index contributed by atoms with van der Waals surface area (Å²) in [5.41, 5.74) is 1.97. The van der Waals surface area contributed by atoms with E-state index < -0.39 is 5.97 Å². The number of nitrogens with zero attached hydrogens (tertiary/aromatic N) is 4. The van der Waals surface area contributed by atoms with Crippen LogP contribution >= 0.6 is 0 Å². The van der Waals surface area contributed by atoms with Crippen molar-refractivity contribution in [2.75, 3.05) is 7.11 Å². The Balaban J connectivity index is 1.66. The van der Waals surface area contributed by atoms with Crippen molar-refractivity contribution in [2.24, 2.45) is 0 Å². The highest BCUT2D eigenvalue weighted by molar-refractivity contribution is 5.95. The molecule has 0 saturated carbocycles. The van der Waals surface area contributed by atoms with Gasteiger partial charge < -0.3 is 9.30 Å². The van der Waals surface area contributed by atoms with Crippen LogP contribution in [-0.4, -0.2) is 38.3 Å². The van der Waals surface area contributed by atoms with Crippen molar-refractivity contribution in [3.05, 3.63) is 76.2 Å². The number of fused-ring (bicyclic) bond motifs is 1. The smallest absolute Gasteiger partial charge is 0.337 e. The Labute approximate surface area is 153 Å². The molecule has 2 aromatic heterocycles. The van der Waals surface area contributed by atoms with Gasteiger partial charge >= 0.3 is 5.97 Å². The monoisotopic (exact) mass is 361 g/mol. The van der Waals surface area contributed by atoms with Gasteiger partial charge in [-0.25, -0.2) is 4.79 Å². The fraction of sp³-hybridized carbons (Fsp3) is 0.105. The lowest BCUT2D eigenvalue weighted by Gasteiger charge is -2.09. The number of aromatic amines is 1. The molecular formula is C19H15N5O3. The normalized spacial score (nSPS) is 10.9. The number of hydrogen-bond donors (Lipinski definition) is 1. The molecule has 0 aliphatic heterocycles. The molecule has 4 rings (SSSR count). The van der Waals surface area contributed by atoms with Crippen LogP contribution in [0.15, 0.2) is 59.5 Å². The first-order valence-electron chi connectivity index (χ1n) is 8.20. The zero-order valence-corrected chi connectivity index (χ0v) is 14.4. The van der Waals surface area contributed by atoms with Crippen LogP contribution in [0.25, 0.3) is 22.2 Å². The van der Waals surface area contributed by atoms with E-state index in [1.165, 1.54) is 7.11 Å². The summed E-state index contributed by atoms with van der Waals surface area (Å²) >= 11 is 0. The first-order valence-corrected chi connectivity index (χ1v) is 8.20. The number of benzene rings is 2. The maximum absolute atomic E-state index is 12.8. The number of methoxy groups -OCH3 is 1. The predicted molar refractivity (Wildman–Crippen MR) is 98.3 cm³/mol. The van der Waals surface area contributed by atoms with Gasteiger partial charge in [-0.15, -0.1) is 10.2 Å². The Kier molecular flexibility index (Phi) is 4.21. The third kappa shape index (κ3) is 3.20. The summed E-state index contributed by atoms with van der Waals surface area (Å²) in [6.45, 7) is 0.406. The van der Waals surface area contributed by atoms with E-state index in [0.29, 0.717) is 23.3 Å². The number of ether oxygens (including phenoxy) is 1. The summed E-state index contributed by atoms with van der Waals surface area (Å²) in [5.74, 6) is 0.0449. The number of carbonyl (C=O) groups excluding carboxylic acids is 1. The molecule has 0 radical (unpaired) electrons. The van der Waals surface area contributed by atoms with Crippen LogP contribution in [-0.2, 0) is 11.3 Å². The van der Waals surface area contributed by atoms with Crippen molar-refractivity contribution in [3.63, 3.8) is 0 Å². The molecule has 0 unspecified atom stereocenters. The first kappa shape index (κ1) is 16.6. The van der Waals surface area contributed by atoms with Crippen molar-refractivity contribution in [1.82, 2.24) is 25.2 Å². The van der Waals surface area contributed by atoms with E-state index >= 15 is 0 Å². The van der Waals surface area contributed by atoms with Crippen LogP contribution in [0.5, 0.6) is 0 Å². The number of H-pyrrole nitrogens is 1. The van der Waals surface area contributed by atoms with Gasteiger partial charge in [-0.05, 0) is 34.4 Å². The van der Waals surface area contributed by atoms with Crippen LogP contribution in [0.4, 0.5) is 0 Å². The molecule has 0 atom stereocenters. The lowest BCUT2D eigenvalue weighted by atomic mass is 10.1. The lowest BCUT2D eigenvalue weighted by molar-refractivity contribution is 0.0601. The highest BCUT2D eigenvalue weighted by Gasteiger charge is 2.10. The summed E-state index contributed by atoms with van der Waals surface area (Å²) < 4.78 is 6.33. The number of esters is 1. The maximum atomic E-state index is 12.8. The number of carbonyl (C=O) groups is 1. The minimum Gasteiger partial charge on any atom is -0.465 e. The Morgan fingerprint density at radius 3 is 2.67 bits per heavy atom. The molecule has 8 heteroatoms. The standard InChI is InChI=1S/C19H15N5O3/c1-27-19(26)15-7-6-13-8-9-24(18(25)16(13)10-15)11-12-2-4-14(5-3-12)17-20-22-23-21-17/h2-10H,11H2,1H3,(H,20,21,22,23). The molecule has 0 aliphatic rings. The number of tetrazole rings is 1. The van der Waals surface area contributed by atoms with E-state index in [9.17, 15) is 9.59 Å². The third-order valence-corrected chi connectivity index (χ3v) is 4.31. The summed E-state index contributed by atoms with van der Waals surface area (Å²) in [6.07, 6.45) is 1.75. The van der Waals surface area contributed by atoms with Gasteiger partial charge in [0.1, 0.15) is 0 Å². The Bertz CT molecular complexity index is 1160. The molecule has 0 aliphatic carbocycles. The molecule has 2 aromatic carbocycles. The zero-order chi connectivity index (χ0) is 18.8.